The molecule has 0 saturated heterocycles. The predicted molar refractivity (Wildman–Crippen MR) is 94.3 cm³/mol. The van der Waals surface area contributed by atoms with Crippen LogP contribution in [0.25, 0.3) is 11.1 Å². The Morgan fingerprint density at radius 1 is 1.18 bits per heavy atom. The Balaban J connectivity index is 2.21. The van der Waals surface area contributed by atoms with Gasteiger partial charge in [-0.05, 0) is 66.2 Å². The molecule has 1 aliphatic carbocycles. The summed E-state index contributed by atoms with van der Waals surface area (Å²) in [5.74, 6) is -2.76. The van der Waals surface area contributed by atoms with Crippen LogP contribution < -0.4 is 0 Å². The van der Waals surface area contributed by atoms with Crippen molar-refractivity contribution in [1.82, 2.24) is 4.98 Å². The molecule has 0 unspecified atom stereocenters. The van der Waals surface area contributed by atoms with Crippen LogP contribution in [0.2, 0.25) is 0 Å². The van der Waals surface area contributed by atoms with Crippen LogP contribution in [0.4, 0.5) is 17.6 Å². The second-order valence-electron chi connectivity index (χ2n) is 6.56. The molecule has 0 amide bonds. The molecule has 1 heterocycles. The van der Waals surface area contributed by atoms with Crippen molar-refractivity contribution in [2.24, 2.45) is 0 Å². The number of aromatic hydroxyl groups is 1. The molecule has 28 heavy (non-hydrogen) atoms. The number of aromatic nitrogens is 1. The number of carboxylic acids is 1. The first kappa shape index (κ1) is 19.9. The molecule has 0 spiro atoms. The Kier molecular flexibility index (Phi) is 5.14. The Morgan fingerprint density at radius 2 is 1.86 bits per heavy atom. The maximum atomic E-state index is 14.3. The van der Waals surface area contributed by atoms with E-state index in [2.05, 4.69) is 4.98 Å². The molecular formula is C20H17F4NO3. The Morgan fingerprint density at radius 3 is 2.46 bits per heavy atom. The van der Waals surface area contributed by atoms with Crippen LogP contribution in [0.5, 0.6) is 5.88 Å². The standard InChI is InChI=1S/C20H17F4NO3/c1-2-10-6-11(7-16(17(10)21)19(27)28)13-4-3-5-14(13)15-8-12(20(22,23)24)9-25-18(15)26/h6-9H,2-5H2,1H3,(H,25,26)(H,27,28). The Labute approximate surface area is 158 Å². The van der Waals surface area contributed by atoms with Crippen molar-refractivity contribution in [2.45, 2.75) is 38.8 Å². The van der Waals surface area contributed by atoms with Gasteiger partial charge in [-0.25, -0.2) is 14.2 Å². The first-order valence-corrected chi connectivity index (χ1v) is 8.68. The molecule has 1 aliphatic rings. The third-order valence-corrected chi connectivity index (χ3v) is 4.84. The van der Waals surface area contributed by atoms with Gasteiger partial charge in [-0.15, -0.1) is 0 Å². The second kappa shape index (κ2) is 7.26. The summed E-state index contributed by atoms with van der Waals surface area (Å²) in [7, 11) is 0. The van der Waals surface area contributed by atoms with E-state index in [9.17, 15) is 32.6 Å². The van der Waals surface area contributed by atoms with Gasteiger partial charge in [0.15, 0.2) is 0 Å². The fourth-order valence-corrected chi connectivity index (χ4v) is 3.47. The third-order valence-electron chi connectivity index (χ3n) is 4.84. The van der Waals surface area contributed by atoms with Crippen molar-refractivity contribution < 1.29 is 32.6 Å². The van der Waals surface area contributed by atoms with E-state index in [-0.39, 0.29) is 17.5 Å². The van der Waals surface area contributed by atoms with Crippen molar-refractivity contribution >= 4 is 17.1 Å². The van der Waals surface area contributed by atoms with E-state index < -0.39 is 35.0 Å². The average molecular weight is 395 g/mol. The molecule has 2 aromatic rings. The summed E-state index contributed by atoms with van der Waals surface area (Å²) >= 11 is 0. The lowest BCUT2D eigenvalue weighted by Crippen LogP contribution is -2.07. The molecule has 2 N–H and O–H groups in total. The number of aromatic carboxylic acids is 1. The van der Waals surface area contributed by atoms with Crippen LogP contribution in [-0.4, -0.2) is 21.2 Å². The smallest absolute Gasteiger partial charge is 0.417 e. The highest BCUT2D eigenvalue weighted by atomic mass is 19.4. The quantitative estimate of drug-likeness (QED) is 0.689. The minimum absolute atomic E-state index is 0.0402. The molecule has 3 rings (SSSR count). The van der Waals surface area contributed by atoms with Crippen LogP contribution in [0, 0.1) is 5.82 Å². The highest BCUT2D eigenvalue weighted by molar-refractivity contribution is 5.96. The van der Waals surface area contributed by atoms with E-state index >= 15 is 0 Å². The minimum Gasteiger partial charge on any atom is -0.493 e. The minimum atomic E-state index is -4.61. The number of carboxylic acid groups (broad SMARTS) is 1. The van der Waals surface area contributed by atoms with Crippen molar-refractivity contribution in [3.8, 4) is 5.88 Å². The summed E-state index contributed by atoms with van der Waals surface area (Å²) in [6.45, 7) is 1.68. The van der Waals surface area contributed by atoms with Crippen molar-refractivity contribution in [3.63, 3.8) is 0 Å². The number of aryl methyl sites for hydroxylation is 1. The van der Waals surface area contributed by atoms with E-state index in [1.807, 2.05) is 0 Å². The lowest BCUT2D eigenvalue weighted by Gasteiger charge is -2.14. The molecule has 0 bridgehead atoms. The number of hydrogen-bond acceptors (Lipinski definition) is 3. The number of nitrogens with zero attached hydrogens (tertiary/aromatic N) is 1. The van der Waals surface area contributed by atoms with Gasteiger partial charge in [0.25, 0.3) is 0 Å². The summed E-state index contributed by atoms with van der Waals surface area (Å²) in [5.41, 5.74) is 0.175. The normalized spacial score (nSPS) is 14.6. The molecule has 148 valence electrons. The average Bonchev–Trinajstić information content (AvgIpc) is 3.10. The largest absolute Gasteiger partial charge is 0.493 e. The highest BCUT2D eigenvalue weighted by Gasteiger charge is 2.33. The van der Waals surface area contributed by atoms with Gasteiger partial charge >= 0.3 is 12.1 Å². The van der Waals surface area contributed by atoms with Gasteiger partial charge in [-0.3, -0.25) is 0 Å². The van der Waals surface area contributed by atoms with Crippen molar-refractivity contribution in [2.75, 3.05) is 0 Å². The first-order valence-electron chi connectivity index (χ1n) is 8.68. The maximum absolute atomic E-state index is 14.3. The molecule has 0 aliphatic heterocycles. The predicted octanol–water partition coefficient (Wildman–Crippen LogP) is 5.30. The SMILES string of the molecule is CCc1cc(C2=C(c3cc(C(F)(F)F)cnc3O)CCC2)cc(C(=O)O)c1F. The summed E-state index contributed by atoms with van der Waals surface area (Å²) in [6.07, 6.45) is -2.31. The second-order valence-corrected chi connectivity index (χ2v) is 6.56. The van der Waals surface area contributed by atoms with E-state index in [1.54, 1.807) is 6.92 Å². The summed E-state index contributed by atoms with van der Waals surface area (Å²) in [4.78, 5) is 14.8. The van der Waals surface area contributed by atoms with Gasteiger partial charge in [0, 0.05) is 11.8 Å². The van der Waals surface area contributed by atoms with Gasteiger partial charge in [0.1, 0.15) is 5.82 Å². The van der Waals surface area contributed by atoms with Gasteiger partial charge < -0.3 is 10.2 Å². The van der Waals surface area contributed by atoms with Crippen LogP contribution in [0.3, 0.4) is 0 Å². The maximum Gasteiger partial charge on any atom is 0.417 e. The fraction of sp³-hybridized carbons (Fsp3) is 0.300. The monoisotopic (exact) mass is 395 g/mol. The van der Waals surface area contributed by atoms with Gasteiger partial charge in [0.05, 0.1) is 11.1 Å². The number of hydrogen-bond donors (Lipinski definition) is 2. The molecule has 0 saturated carbocycles. The molecule has 0 radical (unpaired) electrons. The molecule has 0 fully saturated rings. The van der Waals surface area contributed by atoms with E-state index in [0.29, 0.717) is 42.2 Å². The number of alkyl halides is 3. The summed E-state index contributed by atoms with van der Waals surface area (Å²) < 4.78 is 53.4. The van der Waals surface area contributed by atoms with E-state index in [4.69, 9.17) is 0 Å². The number of pyridine rings is 1. The lowest BCUT2D eigenvalue weighted by molar-refractivity contribution is -0.137. The van der Waals surface area contributed by atoms with Crippen LogP contribution in [0.15, 0.2) is 24.4 Å². The van der Waals surface area contributed by atoms with E-state index in [1.165, 1.54) is 12.1 Å². The topological polar surface area (TPSA) is 70.4 Å². The number of allylic oxidation sites excluding steroid dienone is 2. The molecule has 4 nitrogen and oxygen atoms in total. The number of carbonyl (C=O) groups is 1. The lowest BCUT2D eigenvalue weighted by atomic mass is 9.93. The van der Waals surface area contributed by atoms with Gasteiger partial charge in [-0.1, -0.05) is 6.92 Å². The molecule has 8 heteroatoms. The molecule has 1 aromatic heterocycles. The first-order chi connectivity index (χ1) is 13.1. The highest BCUT2D eigenvalue weighted by Crippen LogP contribution is 2.44. The number of benzene rings is 1. The van der Waals surface area contributed by atoms with Crippen molar-refractivity contribution in [1.29, 1.82) is 0 Å². The summed E-state index contributed by atoms with van der Waals surface area (Å²) in [5, 5.41) is 19.3. The van der Waals surface area contributed by atoms with Gasteiger partial charge in [-0.2, -0.15) is 13.2 Å². The Bertz CT molecular complexity index is 980. The zero-order valence-corrected chi connectivity index (χ0v) is 14.9. The van der Waals surface area contributed by atoms with Crippen LogP contribution in [-0.2, 0) is 12.6 Å². The molecule has 0 atom stereocenters. The Hall–Kier alpha value is -2.90. The summed E-state index contributed by atoms with van der Waals surface area (Å²) in [6, 6.07) is 3.54. The zero-order chi connectivity index (χ0) is 20.6. The number of halogens is 4. The van der Waals surface area contributed by atoms with Crippen LogP contribution >= 0.6 is 0 Å². The van der Waals surface area contributed by atoms with Crippen molar-refractivity contribution in [3.05, 3.63) is 58.0 Å². The van der Waals surface area contributed by atoms with Crippen LogP contribution in [0.1, 0.15) is 58.8 Å². The third kappa shape index (κ3) is 3.58. The van der Waals surface area contributed by atoms with E-state index in [0.717, 1.165) is 6.07 Å². The fourth-order valence-electron chi connectivity index (χ4n) is 3.47. The van der Waals surface area contributed by atoms with Gasteiger partial charge in [0.2, 0.25) is 5.88 Å². The zero-order valence-electron chi connectivity index (χ0n) is 14.9. The molecule has 1 aromatic carbocycles. The molecular weight excluding hydrogens is 378 g/mol. The number of rotatable bonds is 4.